The highest BCUT2D eigenvalue weighted by Gasteiger charge is 2.20. The smallest absolute Gasteiger partial charge is 0.225 e. The third-order valence-electron chi connectivity index (χ3n) is 3.57. The molecule has 0 saturated heterocycles. The second-order valence-electron chi connectivity index (χ2n) is 4.75. The van der Waals surface area contributed by atoms with Gasteiger partial charge in [0.25, 0.3) is 0 Å². The molecule has 1 aromatic rings. The molecule has 2 N–H and O–H groups in total. The van der Waals surface area contributed by atoms with Gasteiger partial charge in [0.2, 0.25) is 5.91 Å². The third kappa shape index (κ3) is 4.21. The van der Waals surface area contributed by atoms with Crippen molar-refractivity contribution in [3.63, 3.8) is 0 Å². The van der Waals surface area contributed by atoms with Gasteiger partial charge in [-0.2, -0.15) is 0 Å². The Bertz CT molecular complexity index is 416. The van der Waals surface area contributed by atoms with Crippen LogP contribution in [-0.4, -0.2) is 44.7 Å². The third-order valence-corrected chi connectivity index (χ3v) is 3.57. The summed E-state index contributed by atoms with van der Waals surface area (Å²) >= 11 is 0. The van der Waals surface area contributed by atoms with E-state index in [1.54, 1.807) is 26.2 Å². The lowest BCUT2D eigenvalue weighted by Crippen LogP contribution is -2.35. The van der Waals surface area contributed by atoms with Crippen molar-refractivity contribution >= 4 is 5.91 Å². The molecule has 0 bridgehead atoms. The maximum absolute atomic E-state index is 12.2. The molecule has 1 rings (SSSR count). The number of hydrogen-bond acceptors (Lipinski definition) is 4. The number of benzene rings is 1. The Morgan fingerprint density at radius 3 is 2.35 bits per heavy atom. The summed E-state index contributed by atoms with van der Waals surface area (Å²) in [5.74, 6) is 0.822. The molecule has 0 heterocycles. The van der Waals surface area contributed by atoms with Crippen molar-refractivity contribution in [3.8, 4) is 5.75 Å². The number of amides is 1. The van der Waals surface area contributed by atoms with Gasteiger partial charge in [0.05, 0.1) is 25.7 Å². The quantitative estimate of drug-likeness (QED) is 0.823. The monoisotopic (exact) mass is 280 g/mol. The van der Waals surface area contributed by atoms with Gasteiger partial charge in [0.1, 0.15) is 5.75 Å². The van der Waals surface area contributed by atoms with E-state index >= 15 is 0 Å². The number of hydrogen-bond donors (Lipinski definition) is 1. The van der Waals surface area contributed by atoms with E-state index in [4.69, 9.17) is 15.2 Å². The van der Waals surface area contributed by atoms with Gasteiger partial charge in [-0.05, 0) is 24.6 Å². The van der Waals surface area contributed by atoms with Gasteiger partial charge in [-0.15, -0.1) is 0 Å². The minimum atomic E-state index is -0.229. The Hall–Kier alpha value is -1.59. The lowest BCUT2D eigenvalue weighted by atomic mass is 10.1. The van der Waals surface area contributed by atoms with Crippen LogP contribution in [0.25, 0.3) is 0 Å². The molecule has 2 atom stereocenters. The molecule has 1 amide bonds. The number of nitrogens with two attached hydrogens (primary N) is 1. The van der Waals surface area contributed by atoms with E-state index < -0.39 is 0 Å². The van der Waals surface area contributed by atoms with Crippen molar-refractivity contribution < 1.29 is 14.3 Å². The van der Waals surface area contributed by atoms with Crippen molar-refractivity contribution in [3.05, 3.63) is 29.8 Å². The number of carbonyl (C=O) groups excluding carboxylic acids is 1. The molecule has 2 unspecified atom stereocenters. The van der Waals surface area contributed by atoms with Gasteiger partial charge in [0, 0.05) is 20.7 Å². The van der Waals surface area contributed by atoms with Gasteiger partial charge in [-0.25, -0.2) is 0 Å². The first-order chi connectivity index (χ1) is 9.53. The van der Waals surface area contributed by atoms with Crippen molar-refractivity contribution in [2.45, 2.75) is 25.5 Å². The largest absolute Gasteiger partial charge is 0.497 e. The van der Waals surface area contributed by atoms with Crippen LogP contribution in [0.1, 0.15) is 24.9 Å². The minimum absolute atomic E-state index is 0.0105. The van der Waals surface area contributed by atoms with E-state index in [1.165, 1.54) is 0 Å². The fourth-order valence-corrected chi connectivity index (χ4v) is 1.92. The lowest BCUT2D eigenvalue weighted by Gasteiger charge is -2.27. The summed E-state index contributed by atoms with van der Waals surface area (Å²) in [6, 6.07) is 7.70. The van der Waals surface area contributed by atoms with Crippen LogP contribution in [0, 0.1) is 0 Å². The Morgan fingerprint density at radius 2 is 1.90 bits per heavy atom. The Balaban J connectivity index is 2.69. The Morgan fingerprint density at radius 1 is 1.30 bits per heavy atom. The van der Waals surface area contributed by atoms with Crippen molar-refractivity contribution in [1.82, 2.24) is 4.90 Å². The minimum Gasteiger partial charge on any atom is -0.497 e. The topological polar surface area (TPSA) is 64.8 Å². The maximum atomic E-state index is 12.2. The number of ether oxygens (including phenoxy) is 2. The van der Waals surface area contributed by atoms with Gasteiger partial charge < -0.3 is 20.1 Å². The molecule has 5 heteroatoms. The van der Waals surface area contributed by atoms with Crippen LogP contribution in [-0.2, 0) is 9.53 Å². The fraction of sp³-hybridized carbons (Fsp3) is 0.533. The zero-order valence-electron chi connectivity index (χ0n) is 12.6. The molecule has 0 saturated carbocycles. The molecule has 0 spiro atoms. The van der Waals surface area contributed by atoms with Crippen LogP contribution >= 0.6 is 0 Å². The zero-order chi connectivity index (χ0) is 15.1. The van der Waals surface area contributed by atoms with E-state index in [1.807, 2.05) is 31.2 Å². The standard InChI is InChI=1S/C15H24N2O3/c1-11(12-5-7-13(19-3)8-6-12)17(2)15(18)9-14(10-16)20-4/h5-8,11,14H,9-10,16H2,1-4H3. The summed E-state index contributed by atoms with van der Waals surface area (Å²) in [6.07, 6.45) is 0.0669. The van der Waals surface area contributed by atoms with Crippen molar-refractivity contribution in [2.24, 2.45) is 5.73 Å². The highest BCUT2D eigenvalue weighted by molar-refractivity contribution is 5.77. The summed E-state index contributed by atoms with van der Waals surface area (Å²) in [6.45, 7) is 2.33. The SMILES string of the molecule is COc1ccc(C(C)N(C)C(=O)CC(CN)OC)cc1. The zero-order valence-corrected chi connectivity index (χ0v) is 12.6. The molecular weight excluding hydrogens is 256 g/mol. The van der Waals surface area contributed by atoms with Crippen LogP contribution in [0.4, 0.5) is 0 Å². The van der Waals surface area contributed by atoms with Crippen LogP contribution in [0.15, 0.2) is 24.3 Å². The van der Waals surface area contributed by atoms with Gasteiger partial charge in [-0.3, -0.25) is 4.79 Å². The summed E-state index contributed by atoms with van der Waals surface area (Å²) in [5.41, 5.74) is 6.60. The first-order valence-electron chi connectivity index (χ1n) is 6.66. The molecular formula is C15H24N2O3. The molecule has 5 nitrogen and oxygen atoms in total. The van der Waals surface area contributed by atoms with E-state index in [0.29, 0.717) is 13.0 Å². The van der Waals surface area contributed by atoms with Crippen molar-refractivity contribution in [2.75, 3.05) is 27.8 Å². The van der Waals surface area contributed by atoms with Crippen LogP contribution < -0.4 is 10.5 Å². The summed E-state index contributed by atoms with van der Waals surface area (Å²) in [4.78, 5) is 13.9. The Kier molecular flexibility index (Phi) is 6.48. The molecule has 0 aliphatic heterocycles. The fourth-order valence-electron chi connectivity index (χ4n) is 1.92. The molecule has 20 heavy (non-hydrogen) atoms. The van der Waals surface area contributed by atoms with Crippen molar-refractivity contribution in [1.29, 1.82) is 0 Å². The molecule has 0 radical (unpaired) electrons. The van der Waals surface area contributed by atoms with Gasteiger partial charge in [0.15, 0.2) is 0 Å². The number of methoxy groups -OCH3 is 2. The summed E-state index contributed by atoms with van der Waals surface area (Å²) in [5, 5.41) is 0. The molecule has 112 valence electrons. The van der Waals surface area contributed by atoms with Crippen LogP contribution in [0.3, 0.4) is 0 Å². The van der Waals surface area contributed by atoms with Gasteiger partial charge >= 0.3 is 0 Å². The second kappa shape index (κ2) is 7.87. The summed E-state index contributed by atoms with van der Waals surface area (Å²) in [7, 11) is 4.99. The highest BCUT2D eigenvalue weighted by Crippen LogP contribution is 2.22. The normalized spacial score (nSPS) is 13.7. The first-order valence-corrected chi connectivity index (χ1v) is 6.66. The van der Waals surface area contributed by atoms with E-state index in [-0.39, 0.29) is 18.1 Å². The predicted octanol–water partition coefficient (Wildman–Crippen LogP) is 1.58. The number of carbonyl (C=O) groups is 1. The van der Waals surface area contributed by atoms with E-state index in [0.717, 1.165) is 11.3 Å². The van der Waals surface area contributed by atoms with Crippen LogP contribution in [0.2, 0.25) is 0 Å². The maximum Gasteiger partial charge on any atom is 0.225 e. The summed E-state index contributed by atoms with van der Waals surface area (Å²) < 4.78 is 10.3. The number of rotatable bonds is 7. The number of nitrogens with zero attached hydrogens (tertiary/aromatic N) is 1. The second-order valence-corrected chi connectivity index (χ2v) is 4.75. The molecule has 1 aromatic carbocycles. The first kappa shape index (κ1) is 16.5. The van der Waals surface area contributed by atoms with Gasteiger partial charge in [-0.1, -0.05) is 12.1 Å². The molecule has 0 aromatic heterocycles. The highest BCUT2D eigenvalue weighted by atomic mass is 16.5. The average molecular weight is 280 g/mol. The lowest BCUT2D eigenvalue weighted by molar-refractivity contribution is -0.134. The van der Waals surface area contributed by atoms with E-state index in [9.17, 15) is 4.79 Å². The average Bonchev–Trinajstić information content (AvgIpc) is 2.50. The molecule has 0 aliphatic carbocycles. The Labute approximate surface area is 120 Å². The van der Waals surface area contributed by atoms with Crippen LogP contribution in [0.5, 0.6) is 5.75 Å². The molecule has 0 aliphatic rings. The van der Waals surface area contributed by atoms with E-state index in [2.05, 4.69) is 0 Å². The predicted molar refractivity (Wildman–Crippen MR) is 78.6 cm³/mol. The molecule has 0 fully saturated rings.